The summed E-state index contributed by atoms with van der Waals surface area (Å²) in [5.74, 6) is 6.65. The molecule has 24 heavy (non-hydrogen) atoms. The van der Waals surface area contributed by atoms with E-state index in [9.17, 15) is 0 Å². The van der Waals surface area contributed by atoms with Crippen molar-refractivity contribution < 1.29 is 0 Å². The fourth-order valence-corrected chi connectivity index (χ4v) is 2.82. The van der Waals surface area contributed by atoms with Crippen LogP contribution in [0.15, 0.2) is 72.8 Å². The average Bonchev–Trinajstić information content (AvgIpc) is 2.64. The lowest BCUT2D eigenvalue weighted by molar-refractivity contribution is 1.57. The zero-order valence-electron chi connectivity index (χ0n) is 13.2. The SMILES string of the molecule is C1#Cc2ccccc2/C=C\c2ccccc2/C=C\c2ccccc21. The minimum Gasteiger partial charge on any atom is -0.0616 e. The van der Waals surface area contributed by atoms with Crippen LogP contribution in [0.3, 0.4) is 0 Å². The monoisotopic (exact) mass is 304 g/mol. The van der Waals surface area contributed by atoms with E-state index < -0.39 is 0 Å². The van der Waals surface area contributed by atoms with Crippen molar-refractivity contribution in [1.29, 1.82) is 0 Å². The van der Waals surface area contributed by atoms with Crippen LogP contribution in [0.4, 0.5) is 0 Å². The third kappa shape index (κ3) is 2.93. The summed E-state index contributed by atoms with van der Waals surface area (Å²) in [6.07, 6.45) is 8.61. The number of fused-ring (bicyclic) bond motifs is 3. The van der Waals surface area contributed by atoms with Gasteiger partial charge in [0.1, 0.15) is 0 Å². The Labute approximate surface area is 142 Å². The van der Waals surface area contributed by atoms with Gasteiger partial charge in [-0.25, -0.2) is 0 Å². The van der Waals surface area contributed by atoms with Crippen LogP contribution in [0.25, 0.3) is 24.3 Å². The maximum Gasteiger partial charge on any atom is 0.0321 e. The molecule has 0 aliphatic heterocycles. The Hall–Kier alpha value is -3.30. The molecule has 0 unspecified atom stereocenters. The third-order valence-corrected chi connectivity index (χ3v) is 4.13. The van der Waals surface area contributed by atoms with Crippen molar-refractivity contribution in [3.8, 4) is 11.8 Å². The Morgan fingerprint density at radius 2 is 0.708 bits per heavy atom. The molecule has 0 fully saturated rings. The molecule has 3 aromatic rings. The van der Waals surface area contributed by atoms with Crippen LogP contribution in [0.1, 0.15) is 33.4 Å². The van der Waals surface area contributed by atoms with Gasteiger partial charge in [-0.2, -0.15) is 0 Å². The zero-order valence-corrected chi connectivity index (χ0v) is 13.2. The van der Waals surface area contributed by atoms with Crippen molar-refractivity contribution in [2.24, 2.45) is 0 Å². The van der Waals surface area contributed by atoms with Crippen LogP contribution in [-0.2, 0) is 0 Å². The van der Waals surface area contributed by atoms with Gasteiger partial charge in [0.25, 0.3) is 0 Å². The van der Waals surface area contributed by atoms with Crippen molar-refractivity contribution in [2.45, 2.75) is 0 Å². The average molecular weight is 304 g/mol. The second-order valence-corrected chi connectivity index (χ2v) is 5.72. The van der Waals surface area contributed by atoms with Crippen molar-refractivity contribution in [3.63, 3.8) is 0 Å². The summed E-state index contributed by atoms with van der Waals surface area (Å²) in [6.45, 7) is 0. The zero-order chi connectivity index (χ0) is 16.2. The molecule has 1 aliphatic carbocycles. The summed E-state index contributed by atoms with van der Waals surface area (Å²) in [7, 11) is 0. The molecule has 0 radical (unpaired) electrons. The van der Waals surface area contributed by atoms with Gasteiger partial charge in [-0.15, -0.1) is 0 Å². The molecule has 0 saturated heterocycles. The molecule has 0 atom stereocenters. The number of hydrogen-bond acceptors (Lipinski definition) is 0. The molecule has 4 rings (SSSR count). The van der Waals surface area contributed by atoms with Crippen molar-refractivity contribution in [3.05, 3.63) is 106 Å². The predicted octanol–water partition coefficient (Wildman–Crippen LogP) is 5.74. The Morgan fingerprint density at radius 1 is 0.375 bits per heavy atom. The van der Waals surface area contributed by atoms with Crippen LogP contribution in [0.5, 0.6) is 0 Å². The predicted molar refractivity (Wildman–Crippen MR) is 103 cm³/mol. The highest BCUT2D eigenvalue weighted by atomic mass is 14.0. The summed E-state index contributed by atoms with van der Waals surface area (Å²) in [5, 5.41) is 0. The summed E-state index contributed by atoms with van der Waals surface area (Å²) in [5.41, 5.74) is 6.78. The Morgan fingerprint density at radius 3 is 1.17 bits per heavy atom. The highest BCUT2D eigenvalue weighted by molar-refractivity contribution is 5.82. The van der Waals surface area contributed by atoms with Crippen molar-refractivity contribution in [2.75, 3.05) is 0 Å². The normalized spacial score (nSPS) is 14.5. The maximum atomic E-state index is 3.33. The molecule has 0 amide bonds. The fourth-order valence-electron chi connectivity index (χ4n) is 2.82. The molecule has 0 N–H and O–H groups in total. The second kappa shape index (κ2) is 6.44. The van der Waals surface area contributed by atoms with Crippen molar-refractivity contribution >= 4 is 24.3 Å². The lowest BCUT2D eigenvalue weighted by Gasteiger charge is -2.04. The Bertz CT molecular complexity index is 927. The van der Waals surface area contributed by atoms with Gasteiger partial charge < -0.3 is 0 Å². The molecule has 0 nitrogen and oxygen atoms in total. The highest BCUT2D eigenvalue weighted by Gasteiger charge is 2.01. The van der Waals surface area contributed by atoms with E-state index in [0.717, 1.165) is 22.3 Å². The minimum absolute atomic E-state index is 1.05. The van der Waals surface area contributed by atoms with Gasteiger partial charge in [-0.1, -0.05) is 96.8 Å². The fraction of sp³-hybridized carbons (Fsp3) is 0. The molecule has 0 aromatic heterocycles. The summed E-state index contributed by atoms with van der Waals surface area (Å²) >= 11 is 0. The van der Waals surface area contributed by atoms with E-state index >= 15 is 0 Å². The second-order valence-electron chi connectivity index (χ2n) is 5.72. The molecule has 112 valence electrons. The quantitative estimate of drug-likeness (QED) is 0.363. The molecule has 0 heterocycles. The standard InChI is InChI=1S/C24H16/c1-2-8-20-15-16-22-10-5-6-12-24(22)18-17-23-11-4-3-9-21(23)14-13-19(20)7-1/h1-16H/b14-13-,16-15-,19-13?,20-15?,21-14?,22-16?. The van der Waals surface area contributed by atoms with Crippen LogP contribution in [0.2, 0.25) is 0 Å². The molecule has 1 aliphatic rings. The Kier molecular flexibility index (Phi) is 3.84. The highest BCUT2D eigenvalue weighted by Crippen LogP contribution is 2.20. The van der Waals surface area contributed by atoms with Crippen molar-refractivity contribution in [1.82, 2.24) is 0 Å². The topological polar surface area (TPSA) is 0 Å². The first-order valence-corrected chi connectivity index (χ1v) is 8.05. The van der Waals surface area contributed by atoms with E-state index in [1.165, 1.54) is 11.1 Å². The van der Waals surface area contributed by atoms with Gasteiger partial charge in [0.2, 0.25) is 0 Å². The summed E-state index contributed by atoms with van der Waals surface area (Å²) in [4.78, 5) is 0. The minimum atomic E-state index is 1.05. The van der Waals surface area contributed by atoms with E-state index in [2.05, 4.69) is 96.8 Å². The summed E-state index contributed by atoms with van der Waals surface area (Å²) < 4.78 is 0. The van der Waals surface area contributed by atoms with E-state index in [-0.39, 0.29) is 0 Å². The van der Waals surface area contributed by atoms with Gasteiger partial charge in [-0.3, -0.25) is 0 Å². The number of rotatable bonds is 0. The van der Waals surface area contributed by atoms with E-state index in [4.69, 9.17) is 0 Å². The van der Waals surface area contributed by atoms with E-state index in [0.29, 0.717) is 0 Å². The van der Waals surface area contributed by atoms with Gasteiger partial charge in [0.15, 0.2) is 0 Å². The van der Waals surface area contributed by atoms with Gasteiger partial charge in [-0.05, 0) is 34.4 Å². The molecule has 0 spiro atoms. The molecule has 3 aromatic carbocycles. The van der Waals surface area contributed by atoms with E-state index in [1.807, 2.05) is 12.1 Å². The molecule has 0 bridgehead atoms. The summed E-state index contributed by atoms with van der Waals surface area (Å²) in [6, 6.07) is 25.0. The van der Waals surface area contributed by atoms with Crippen LogP contribution in [-0.4, -0.2) is 0 Å². The first-order valence-electron chi connectivity index (χ1n) is 8.05. The van der Waals surface area contributed by atoms with Crippen LogP contribution < -0.4 is 0 Å². The molecule has 0 saturated carbocycles. The number of hydrogen-bond donors (Lipinski definition) is 0. The molecule has 0 heteroatoms. The van der Waals surface area contributed by atoms with Gasteiger partial charge >= 0.3 is 0 Å². The third-order valence-electron chi connectivity index (χ3n) is 4.13. The van der Waals surface area contributed by atoms with E-state index in [1.54, 1.807) is 0 Å². The molecular formula is C24H16. The molecular weight excluding hydrogens is 288 g/mol. The van der Waals surface area contributed by atoms with Gasteiger partial charge in [0.05, 0.1) is 0 Å². The number of benzene rings is 3. The first kappa shape index (κ1) is 14.3. The Balaban J connectivity index is 1.97. The van der Waals surface area contributed by atoms with Gasteiger partial charge in [0, 0.05) is 11.1 Å². The lowest BCUT2D eigenvalue weighted by Crippen LogP contribution is -1.86. The lowest BCUT2D eigenvalue weighted by atomic mass is 10.00. The smallest absolute Gasteiger partial charge is 0.0321 e. The van der Waals surface area contributed by atoms with Crippen LogP contribution >= 0.6 is 0 Å². The largest absolute Gasteiger partial charge is 0.0616 e. The first-order chi connectivity index (χ1) is 11.9. The maximum absolute atomic E-state index is 3.33. The van der Waals surface area contributed by atoms with Crippen LogP contribution in [0, 0.1) is 11.8 Å².